The zero-order valence-electron chi connectivity index (χ0n) is 13.6. The molecule has 5 heteroatoms. The summed E-state index contributed by atoms with van der Waals surface area (Å²) < 4.78 is 7.64. The predicted octanol–water partition coefficient (Wildman–Crippen LogP) is 3.32. The first-order valence-electron chi connectivity index (χ1n) is 7.57. The third-order valence-electron chi connectivity index (χ3n) is 3.79. The van der Waals surface area contributed by atoms with Gasteiger partial charge in [0.1, 0.15) is 12.1 Å². The van der Waals surface area contributed by atoms with Gasteiger partial charge in [-0.2, -0.15) is 0 Å². The van der Waals surface area contributed by atoms with E-state index in [1.54, 1.807) is 6.26 Å². The Kier molecular flexibility index (Phi) is 3.98. The van der Waals surface area contributed by atoms with Crippen LogP contribution in [0.5, 0.6) is 0 Å². The molecule has 0 aliphatic heterocycles. The second-order valence-electron chi connectivity index (χ2n) is 6.08. The highest BCUT2D eigenvalue weighted by molar-refractivity contribution is 5.75. The average Bonchev–Trinajstić information content (AvgIpc) is 3.06. The van der Waals surface area contributed by atoms with Gasteiger partial charge >= 0.3 is 0 Å². The van der Waals surface area contributed by atoms with Gasteiger partial charge < -0.3 is 8.98 Å². The number of rotatable bonds is 5. The molecule has 0 amide bonds. The fourth-order valence-corrected chi connectivity index (χ4v) is 2.57. The van der Waals surface area contributed by atoms with Crippen molar-refractivity contribution in [2.45, 2.75) is 32.9 Å². The minimum Gasteiger partial charge on any atom is -0.448 e. The van der Waals surface area contributed by atoms with Gasteiger partial charge in [-0.1, -0.05) is 26.0 Å². The maximum Gasteiger partial charge on any atom is 0.196 e. The van der Waals surface area contributed by atoms with Crippen molar-refractivity contribution in [3.8, 4) is 0 Å². The first-order chi connectivity index (χ1) is 10.5. The van der Waals surface area contributed by atoms with Crippen molar-refractivity contribution in [2.75, 3.05) is 7.05 Å². The van der Waals surface area contributed by atoms with Crippen LogP contribution >= 0.6 is 0 Å². The summed E-state index contributed by atoms with van der Waals surface area (Å²) in [5.74, 6) is 2.17. The summed E-state index contributed by atoms with van der Waals surface area (Å²) in [6.45, 7) is 5.69. The van der Waals surface area contributed by atoms with E-state index in [9.17, 15) is 0 Å². The molecule has 1 aromatic carbocycles. The molecule has 0 fully saturated rings. The zero-order chi connectivity index (χ0) is 15.7. The Morgan fingerprint density at radius 2 is 1.95 bits per heavy atom. The Morgan fingerprint density at radius 3 is 2.64 bits per heavy atom. The standard InChI is InChI=1S/C17H22N4O/c1-12(2)17-18-13(11-22-17)9-20(3)10-16-19-14-7-5-6-8-15(14)21(16)4/h5-8,11-12H,9-10H2,1-4H3. The molecule has 0 saturated carbocycles. The molecular weight excluding hydrogens is 276 g/mol. The highest BCUT2D eigenvalue weighted by Gasteiger charge is 2.12. The van der Waals surface area contributed by atoms with Crippen LogP contribution in [-0.4, -0.2) is 26.5 Å². The van der Waals surface area contributed by atoms with E-state index in [0.717, 1.165) is 41.5 Å². The molecule has 0 bridgehead atoms. The van der Waals surface area contributed by atoms with Crippen LogP contribution < -0.4 is 0 Å². The smallest absolute Gasteiger partial charge is 0.196 e. The van der Waals surface area contributed by atoms with E-state index in [-0.39, 0.29) is 0 Å². The summed E-state index contributed by atoms with van der Waals surface area (Å²) in [4.78, 5) is 11.4. The summed E-state index contributed by atoms with van der Waals surface area (Å²) in [5, 5.41) is 0. The Labute approximate surface area is 130 Å². The lowest BCUT2D eigenvalue weighted by Crippen LogP contribution is -2.19. The minimum atomic E-state index is 0.318. The SMILES string of the molecule is CC(C)c1nc(CN(C)Cc2nc3ccccc3n2C)co1. The number of imidazole rings is 1. The van der Waals surface area contributed by atoms with Gasteiger partial charge in [-0.05, 0) is 19.2 Å². The van der Waals surface area contributed by atoms with Crippen molar-refractivity contribution in [3.63, 3.8) is 0 Å². The molecule has 0 N–H and O–H groups in total. The van der Waals surface area contributed by atoms with Crippen LogP contribution in [0.3, 0.4) is 0 Å². The fourth-order valence-electron chi connectivity index (χ4n) is 2.57. The number of benzene rings is 1. The quantitative estimate of drug-likeness (QED) is 0.725. The molecule has 3 aromatic rings. The van der Waals surface area contributed by atoms with Gasteiger partial charge in [0.2, 0.25) is 0 Å². The zero-order valence-corrected chi connectivity index (χ0v) is 13.6. The molecule has 2 heterocycles. The van der Waals surface area contributed by atoms with Crippen molar-refractivity contribution < 1.29 is 4.42 Å². The van der Waals surface area contributed by atoms with E-state index in [1.165, 1.54) is 0 Å². The summed E-state index contributed by atoms with van der Waals surface area (Å²) >= 11 is 0. The van der Waals surface area contributed by atoms with Gasteiger partial charge in [0.15, 0.2) is 5.89 Å². The molecule has 2 aromatic heterocycles. The number of aromatic nitrogens is 3. The monoisotopic (exact) mass is 298 g/mol. The Balaban J connectivity index is 1.72. The number of para-hydroxylation sites is 2. The number of fused-ring (bicyclic) bond motifs is 1. The van der Waals surface area contributed by atoms with E-state index < -0.39 is 0 Å². The van der Waals surface area contributed by atoms with Crippen LogP contribution in [0.15, 0.2) is 34.9 Å². The lowest BCUT2D eigenvalue weighted by atomic mass is 10.2. The summed E-state index contributed by atoms with van der Waals surface area (Å²) in [6, 6.07) is 8.20. The van der Waals surface area contributed by atoms with Gasteiger partial charge in [0.05, 0.1) is 23.3 Å². The number of oxazole rings is 1. The maximum atomic E-state index is 5.49. The van der Waals surface area contributed by atoms with E-state index in [1.807, 2.05) is 18.2 Å². The van der Waals surface area contributed by atoms with Gasteiger partial charge in [-0.15, -0.1) is 0 Å². The van der Waals surface area contributed by atoms with Crippen molar-refractivity contribution in [1.82, 2.24) is 19.4 Å². The van der Waals surface area contributed by atoms with Crippen molar-refractivity contribution in [2.24, 2.45) is 7.05 Å². The van der Waals surface area contributed by atoms with Gasteiger partial charge in [-0.3, -0.25) is 4.90 Å². The first kappa shape index (κ1) is 14.8. The Morgan fingerprint density at radius 1 is 1.18 bits per heavy atom. The van der Waals surface area contributed by atoms with Crippen LogP contribution in [0.2, 0.25) is 0 Å². The minimum absolute atomic E-state index is 0.318. The molecule has 0 aliphatic carbocycles. The second kappa shape index (κ2) is 5.93. The number of hydrogen-bond donors (Lipinski definition) is 0. The molecule has 3 rings (SSSR count). The molecule has 5 nitrogen and oxygen atoms in total. The number of nitrogens with zero attached hydrogens (tertiary/aromatic N) is 4. The van der Waals surface area contributed by atoms with E-state index in [0.29, 0.717) is 5.92 Å². The first-order valence-corrected chi connectivity index (χ1v) is 7.57. The van der Waals surface area contributed by atoms with Gasteiger partial charge in [-0.25, -0.2) is 9.97 Å². The molecule has 0 spiro atoms. The molecule has 0 unspecified atom stereocenters. The molecule has 0 radical (unpaired) electrons. The normalized spacial score (nSPS) is 11.9. The third-order valence-corrected chi connectivity index (χ3v) is 3.79. The van der Waals surface area contributed by atoms with Crippen molar-refractivity contribution in [3.05, 3.63) is 47.9 Å². The van der Waals surface area contributed by atoms with Crippen LogP contribution in [0.4, 0.5) is 0 Å². The number of hydrogen-bond acceptors (Lipinski definition) is 4. The predicted molar refractivity (Wildman–Crippen MR) is 86.5 cm³/mol. The third kappa shape index (κ3) is 2.90. The lowest BCUT2D eigenvalue weighted by Gasteiger charge is -2.14. The molecule has 0 aliphatic rings. The van der Waals surface area contributed by atoms with E-state index in [4.69, 9.17) is 9.40 Å². The highest BCUT2D eigenvalue weighted by Crippen LogP contribution is 2.17. The van der Waals surface area contributed by atoms with Crippen LogP contribution in [0.1, 0.15) is 37.2 Å². The Hall–Kier alpha value is -2.14. The highest BCUT2D eigenvalue weighted by atomic mass is 16.3. The van der Waals surface area contributed by atoms with Gasteiger partial charge in [0, 0.05) is 19.5 Å². The second-order valence-corrected chi connectivity index (χ2v) is 6.08. The summed E-state index contributed by atoms with van der Waals surface area (Å²) in [5.41, 5.74) is 3.16. The summed E-state index contributed by atoms with van der Waals surface area (Å²) in [6.07, 6.45) is 1.75. The van der Waals surface area contributed by atoms with E-state index in [2.05, 4.69) is 48.5 Å². The molecule has 0 atom stereocenters. The van der Waals surface area contributed by atoms with Crippen LogP contribution in [-0.2, 0) is 20.1 Å². The number of aryl methyl sites for hydroxylation is 1. The Bertz CT molecular complexity index is 772. The van der Waals surface area contributed by atoms with Crippen molar-refractivity contribution >= 4 is 11.0 Å². The van der Waals surface area contributed by atoms with Crippen molar-refractivity contribution in [1.29, 1.82) is 0 Å². The van der Waals surface area contributed by atoms with E-state index >= 15 is 0 Å². The molecule has 22 heavy (non-hydrogen) atoms. The lowest BCUT2D eigenvalue weighted by molar-refractivity contribution is 0.303. The summed E-state index contributed by atoms with van der Waals surface area (Å²) in [7, 11) is 4.13. The molecular formula is C17H22N4O. The van der Waals surface area contributed by atoms with Crippen LogP contribution in [0.25, 0.3) is 11.0 Å². The maximum absolute atomic E-state index is 5.49. The van der Waals surface area contributed by atoms with Crippen LogP contribution in [0, 0.1) is 0 Å². The average molecular weight is 298 g/mol. The molecule has 0 saturated heterocycles. The topological polar surface area (TPSA) is 47.1 Å². The molecule has 116 valence electrons. The fraction of sp³-hybridized carbons (Fsp3) is 0.412. The van der Waals surface area contributed by atoms with Gasteiger partial charge in [0.25, 0.3) is 0 Å². The largest absolute Gasteiger partial charge is 0.448 e.